The molecule has 20 heavy (non-hydrogen) atoms. The normalized spacial score (nSPS) is 17.8. The summed E-state index contributed by atoms with van der Waals surface area (Å²) in [4.78, 5) is 0. The summed E-state index contributed by atoms with van der Waals surface area (Å²) in [6.07, 6.45) is -0.00495. The van der Waals surface area contributed by atoms with E-state index in [1.54, 1.807) is 7.11 Å². The predicted molar refractivity (Wildman–Crippen MR) is 77.3 cm³/mol. The first kappa shape index (κ1) is 14.9. The van der Waals surface area contributed by atoms with Crippen molar-refractivity contribution in [2.75, 3.05) is 57.7 Å². The van der Waals surface area contributed by atoms with Gasteiger partial charge in [-0.25, -0.2) is 0 Å². The van der Waals surface area contributed by atoms with Crippen molar-refractivity contribution in [3.63, 3.8) is 0 Å². The molecule has 0 spiro atoms. The zero-order valence-electron chi connectivity index (χ0n) is 11.8. The maximum atomic E-state index is 5.75. The van der Waals surface area contributed by atoms with Gasteiger partial charge in [-0.15, -0.1) is 0 Å². The van der Waals surface area contributed by atoms with Crippen molar-refractivity contribution < 1.29 is 18.9 Å². The summed E-state index contributed by atoms with van der Waals surface area (Å²) in [6.45, 7) is 3.49. The molecule has 112 valence electrons. The molecule has 0 amide bonds. The molecule has 1 aliphatic heterocycles. The largest absolute Gasteiger partial charge is 0.489 e. The summed E-state index contributed by atoms with van der Waals surface area (Å²) >= 11 is 0. The van der Waals surface area contributed by atoms with Gasteiger partial charge in [-0.2, -0.15) is 0 Å². The summed E-state index contributed by atoms with van der Waals surface area (Å²) in [5.74, 6) is 0.807. The van der Waals surface area contributed by atoms with Gasteiger partial charge in [0.2, 0.25) is 0 Å². The second-order valence-corrected chi connectivity index (χ2v) is 4.55. The Morgan fingerprint density at radius 3 is 3.00 bits per heavy atom. The van der Waals surface area contributed by atoms with Crippen LogP contribution in [0.5, 0.6) is 5.75 Å². The Bertz CT molecular complexity index is 414. The van der Waals surface area contributed by atoms with Gasteiger partial charge >= 0.3 is 0 Å². The first-order valence-electron chi connectivity index (χ1n) is 6.74. The van der Waals surface area contributed by atoms with E-state index in [0.717, 1.165) is 11.4 Å². The van der Waals surface area contributed by atoms with Crippen LogP contribution >= 0.6 is 0 Å². The van der Waals surface area contributed by atoms with Crippen molar-refractivity contribution in [3.05, 3.63) is 18.2 Å². The molecule has 1 aromatic rings. The van der Waals surface area contributed by atoms with Crippen LogP contribution in [-0.4, -0.2) is 52.8 Å². The van der Waals surface area contributed by atoms with E-state index in [2.05, 4.69) is 5.32 Å². The smallest absolute Gasteiger partial charge is 0.142 e. The first-order chi connectivity index (χ1) is 9.79. The Labute approximate surface area is 119 Å². The lowest BCUT2D eigenvalue weighted by atomic mass is 10.2. The molecule has 0 bridgehead atoms. The molecule has 1 unspecified atom stereocenters. The Morgan fingerprint density at radius 1 is 1.30 bits per heavy atom. The Morgan fingerprint density at radius 2 is 2.15 bits per heavy atom. The highest BCUT2D eigenvalue weighted by atomic mass is 16.6. The highest BCUT2D eigenvalue weighted by Gasteiger charge is 2.17. The standard InChI is InChI=1S/C14H22N2O4/c1-17-4-5-18-6-7-19-12-9-16-13-8-11(15)2-3-14(13)20-10-12/h2-3,8,12,16H,4-7,9-10,15H2,1H3. The second-order valence-electron chi connectivity index (χ2n) is 4.55. The van der Waals surface area contributed by atoms with Crippen molar-refractivity contribution >= 4 is 11.4 Å². The van der Waals surface area contributed by atoms with E-state index in [4.69, 9.17) is 24.7 Å². The van der Waals surface area contributed by atoms with Crippen LogP contribution in [0.2, 0.25) is 0 Å². The molecule has 6 heteroatoms. The molecule has 0 saturated carbocycles. The number of ether oxygens (including phenoxy) is 4. The van der Waals surface area contributed by atoms with Crippen LogP contribution < -0.4 is 15.8 Å². The third-order valence-corrected chi connectivity index (χ3v) is 2.96. The maximum Gasteiger partial charge on any atom is 0.142 e. The van der Waals surface area contributed by atoms with Crippen molar-refractivity contribution in [1.29, 1.82) is 0 Å². The molecule has 3 N–H and O–H groups in total. The molecule has 0 aliphatic carbocycles. The third-order valence-electron chi connectivity index (χ3n) is 2.96. The average Bonchev–Trinajstić information content (AvgIpc) is 2.65. The van der Waals surface area contributed by atoms with Crippen molar-refractivity contribution in [1.82, 2.24) is 0 Å². The van der Waals surface area contributed by atoms with Crippen molar-refractivity contribution in [2.24, 2.45) is 0 Å². The predicted octanol–water partition coefficient (Wildman–Crippen LogP) is 1.12. The molecule has 0 saturated heterocycles. The Hall–Kier alpha value is -1.50. The maximum absolute atomic E-state index is 5.75. The van der Waals surface area contributed by atoms with E-state index in [0.29, 0.717) is 45.3 Å². The van der Waals surface area contributed by atoms with Gasteiger partial charge < -0.3 is 30.0 Å². The van der Waals surface area contributed by atoms with Gasteiger partial charge in [0, 0.05) is 19.3 Å². The number of benzene rings is 1. The molecule has 1 heterocycles. The summed E-state index contributed by atoms with van der Waals surface area (Å²) in [6, 6.07) is 5.56. The minimum absolute atomic E-state index is 0.00495. The molecule has 1 aliphatic rings. The summed E-state index contributed by atoms with van der Waals surface area (Å²) in [5.41, 5.74) is 7.38. The van der Waals surface area contributed by atoms with E-state index in [9.17, 15) is 0 Å². The van der Waals surface area contributed by atoms with Crippen LogP contribution in [0.25, 0.3) is 0 Å². The molecule has 1 aromatic carbocycles. The van der Waals surface area contributed by atoms with Crippen molar-refractivity contribution in [2.45, 2.75) is 6.10 Å². The number of hydrogen-bond acceptors (Lipinski definition) is 6. The fraction of sp³-hybridized carbons (Fsp3) is 0.571. The SMILES string of the molecule is COCCOCCOC1CNc2cc(N)ccc2OC1. The van der Waals surface area contributed by atoms with Gasteiger partial charge in [-0.3, -0.25) is 0 Å². The molecule has 0 fully saturated rings. The van der Waals surface area contributed by atoms with E-state index < -0.39 is 0 Å². The fourth-order valence-corrected chi connectivity index (χ4v) is 1.90. The van der Waals surface area contributed by atoms with Gasteiger partial charge in [0.05, 0.1) is 32.1 Å². The number of methoxy groups -OCH3 is 1. The zero-order chi connectivity index (χ0) is 14.2. The number of anilines is 2. The number of nitrogens with one attached hydrogen (secondary N) is 1. The first-order valence-corrected chi connectivity index (χ1v) is 6.74. The molecule has 0 radical (unpaired) electrons. The van der Waals surface area contributed by atoms with Gasteiger partial charge in [-0.05, 0) is 18.2 Å². The van der Waals surface area contributed by atoms with E-state index >= 15 is 0 Å². The van der Waals surface area contributed by atoms with Gasteiger partial charge in [0.25, 0.3) is 0 Å². The highest BCUT2D eigenvalue weighted by Crippen LogP contribution is 2.28. The lowest BCUT2D eigenvalue weighted by molar-refractivity contribution is -0.0151. The molecular formula is C14H22N2O4. The number of fused-ring (bicyclic) bond motifs is 1. The number of nitrogens with two attached hydrogens (primary N) is 1. The topological polar surface area (TPSA) is 75.0 Å². The fourth-order valence-electron chi connectivity index (χ4n) is 1.90. The highest BCUT2D eigenvalue weighted by molar-refractivity contribution is 5.63. The van der Waals surface area contributed by atoms with E-state index in [1.807, 2.05) is 18.2 Å². The second kappa shape index (κ2) is 7.94. The van der Waals surface area contributed by atoms with Crippen LogP contribution in [0, 0.1) is 0 Å². The monoisotopic (exact) mass is 282 g/mol. The molecule has 1 atom stereocenters. The molecule has 6 nitrogen and oxygen atoms in total. The lowest BCUT2D eigenvalue weighted by Crippen LogP contribution is -2.28. The number of rotatable bonds is 7. The van der Waals surface area contributed by atoms with Crippen LogP contribution in [0.3, 0.4) is 0 Å². The minimum atomic E-state index is -0.00495. The Kier molecular flexibility index (Phi) is 5.91. The zero-order valence-corrected chi connectivity index (χ0v) is 11.8. The molecule has 2 rings (SSSR count). The summed E-state index contributed by atoms with van der Waals surface area (Å²) in [5, 5.41) is 3.29. The molecular weight excluding hydrogens is 260 g/mol. The van der Waals surface area contributed by atoms with Crippen molar-refractivity contribution in [3.8, 4) is 5.75 Å². The molecule has 0 aromatic heterocycles. The van der Waals surface area contributed by atoms with Crippen LogP contribution in [0.1, 0.15) is 0 Å². The minimum Gasteiger partial charge on any atom is -0.489 e. The van der Waals surface area contributed by atoms with E-state index in [-0.39, 0.29) is 6.10 Å². The van der Waals surface area contributed by atoms with Crippen LogP contribution in [0.4, 0.5) is 11.4 Å². The van der Waals surface area contributed by atoms with Gasteiger partial charge in [0.15, 0.2) is 0 Å². The summed E-state index contributed by atoms with van der Waals surface area (Å²) in [7, 11) is 1.65. The lowest BCUT2D eigenvalue weighted by Gasteiger charge is -2.15. The van der Waals surface area contributed by atoms with Crippen LogP contribution in [-0.2, 0) is 14.2 Å². The van der Waals surface area contributed by atoms with E-state index in [1.165, 1.54) is 0 Å². The van der Waals surface area contributed by atoms with Crippen LogP contribution in [0.15, 0.2) is 18.2 Å². The third kappa shape index (κ3) is 4.56. The summed E-state index contributed by atoms with van der Waals surface area (Å²) < 4.78 is 21.7. The van der Waals surface area contributed by atoms with Gasteiger partial charge in [-0.1, -0.05) is 0 Å². The number of nitrogen functional groups attached to an aromatic ring is 1. The Balaban J connectivity index is 1.69. The number of hydrogen-bond donors (Lipinski definition) is 2. The van der Waals surface area contributed by atoms with Gasteiger partial charge in [0.1, 0.15) is 18.5 Å². The average molecular weight is 282 g/mol. The quantitative estimate of drug-likeness (QED) is 0.576.